The fourth-order valence-electron chi connectivity index (χ4n) is 4.12. The second-order valence-electron chi connectivity index (χ2n) is 9.22. The van der Waals surface area contributed by atoms with Crippen LogP contribution >= 0.6 is 11.3 Å². The molecular formula is C21H26F2N6O4S2. The van der Waals surface area contributed by atoms with Crippen LogP contribution in [-0.4, -0.2) is 72.6 Å². The van der Waals surface area contributed by atoms with E-state index < -0.39 is 27.0 Å². The van der Waals surface area contributed by atoms with Crippen LogP contribution in [0.5, 0.6) is 0 Å². The second-order valence-corrected chi connectivity index (χ2v) is 11.9. The Labute approximate surface area is 205 Å². The molecule has 10 nitrogen and oxygen atoms in total. The number of nitrogens with zero attached hydrogens (tertiary/aromatic N) is 5. The molecular weight excluding hydrogens is 502 g/mol. The molecule has 1 saturated heterocycles. The van der Waals surface area contributed by atoms with Gasteiger partial charge in [0.05, 0.1) is 36.7 Å². The highest BCUT2D eigenvalue weighted by atomic mass is 32.2. The highest BCUT2D eigenvalue weighted by Gasteiger charge is 2.41. The number of alkyl halides is 2. The molecule has 0 bridgehead atoms. The van der Waals surface area contributed by atoms with E-state index in [-0.39, 0.29) is 27.9 Å². The number of pyridine rings is 1. The maximum atomic E-state index is 13.3. The normalized spacial score (nSPS) is 22.3. The van der Waals surface area contributed by atoms with E-state index in [0.29, 0.717) is 31.0 Å². The maximum absolute atomic E-state index is 13.3. The highest BCUT2D eigenvalue weighted by molar-refractivity contribution is 7.89. The molecule has 0 amide bonds. The second kappa shape index (κ2) is 9.00. The van der Waals surface area contributed by atoms with Crippen LogP contribution in [0.25, 0.3) is 16.3 Å². The lowest BCUT2D eigenvalue weighted by Gasteiger charge is -2.39. The molecule has 14 heteroatoms. The van der Waals surface area contributed by atoms with Crippen LogP contribution in [0.1, 0.15) is 38.1 Å². The molecule has 1 saturated carbocycles. The minimum atomic E-state index is -3.87. The molecule has 0 spiro atoms. The molecule has 2 atom stereocenters. The van der Waals surface area contributed by atoms with Gasteiger partial charge in [0.15, 0.2) is 15.8 Å². The number of nitrogens with one attached hydrogen (secondary N) is 1. The van der Waals surface area contributed by atoms with Crippen LogP contribution in [-0.2, 0) is 19.5 Å². The number of rotatable bonds is 8. The summed E-state index contributed by atoms with van der Waals surface area (Å²) in [4.78, 5) is 6.53. The first kappa shape index (κ1) is 24.4. The van der Waals surface area contributed by atoms with Crippen LogP contribution in [0.2, 0.25) is 0 Å². The monoisotopic (exact) mass is 528 g/mol. The zero-order valence-electron chi connectivity index (χ0n) is 19.4. The van der Waals surface area contributed by atoms with Gasteiger partial charge in [-0.2, -0.15) is 0 Å². The number of hydrogen-bond donors (Lipinski definition) is 1. The molecule has 1 aliphatic carbocycles. The van der Waals surface area contributed by atoms with E-state index in [1.807, 2.05) is 13.8 Å². The number of methoxy groups -OCH3 is 1. The zero-order valence-corrected chi connectivity index (χ0v) is 21.1. The van der Waals surface area contributed by atoms with Crippen molar-refractivity contribution in [2.45, 2.75) is 55.7 Å². The zero-order chi connectivity index (χ0) is 25.0. The molecule has 4 heterocycles. The average molecular weight is 529 g/mol. The third kappa shape index (κ3) is 4.77. The number of anilines is 1. The summed E-state index contributed by atoms with van der Waals surface area (Å²) in [6, 6.07) is 1.58. The number of aromatic nitrogens is 4. The standard InChI is InChI=1S/C21H26F2N6O4S2/c1-12-10-33-13(11-32-3)8-28(12)15-6-14(35(30,31)27-21(2)4-5-21)9-29-16(15)7-24-18(29)20-26-25-19(34-20)17(22)23/h6-7,9,12-13,17,27H,4-5,8,10-11H2,1-3H3/t12-,13+/m0/s1. The Morgan fingerprint density at radius 1 is 1.37 bits per heavy atom. The quantitative estimate of drug-likeness (QED) is 0.475. The Morgan fingerprint density at radius 2 is 2.14 bits per heavy atom. The smallest absolute Gasteiger partial charge is 0.291 e. The maximum Gasteiger partial charge on any atom is 0.291 e. The van der Waals surface area contributed by atoms with Crippen molar-refractivity contribution in [1.29, 1.82) is 0 Å². The van der Waals surface area contributed by atoms with Crippen molar-refractivity contribution < 1.29 is 26.7 Å². The Kier molecular flexibility index (Phi) is 6.28. The summed E-state index contributed by atoms with van der Waals surface area (Å²) in [6.45, 7) is 5.15. The number of fused-ring (bicyclic) bond motifs is 1. The summed E-state index contributed by atoms with van der Waals surface area (Å²) < 4.78 is 68.4. The van der Waals surface area contributed by atoms with Crippen LogP contribution in [0.15, 0.2) is 23.4 Å². The van der Waals surface area contributed by atoms with Gasteiger partial charge in [-0.1, -0.05) is 11.3 Å². The fraction of sp³-hybridized carbons (Fsp3) is 0.571. The fourth-order valence-corrected chi connectivity index (χ4v) is 6.29. The predicted octanol–water partition coefficient (Wildman–Crippen LogP) is 2.86. The number of ether oxygens (including phenoxy) is 2. The van der Waals surface area contributed by atoms with E-state index in [0.717, 1.165) is 24.2 Å². The first-order chi connectivity index (χ1) is 16.6. The Balaban J connectivity index is 1.65. The molecule has 3 aromatic rings. The summed E-state index contributed by atoms with van der Waals surface area (Å²) in [6.07, 6.45) is 1.62. The van der Waals surface area contributed by atoms with E-state index in [1.165, 1.54) is 6.20 Å². The van der Waals surface area contributed by atoms with Gasteiger partial charge < -0.3 is 14.4 Å². The van der Waals surface area contributed by atoms with Crippen molar-refractivity contribution >= 4 is 32.6 Å². The van der Waals surface area contributed by atoms with Gasteiger partial charge in [0, 0.05) is 31.4 Å². The van der Waals surface area contributed by atoms with E-state index in [2.05, 4.69) is 24.8 Å². The number of morpholine rings is 1. The molecule has 0 unspecified atom stereocenters. The largest absolute Gasteiger partial charge is 0.382 e. The van der Waals surface area contributed by atoms with E-state index in [9.17, 15) is 17.2 Å². The Bertz CT molecular complexity index is 1340. The lowest BCUT2D eigenvalue weighted by molar-refractivity contribution is -0.0221. The van der Waals surface area contributed by atoms with Crippen molar-refractivity contribution in [3.8, 4) is 10.8 Å². The molecule has 0 radical (unpaired) electrons. The lowest BCUT2D eigenvalue weighted by Crippen LogP contribution is -2.50. The van der Waals surface area contributed by atoms with Gasteiger partial charge in [-0.3, -0.25) is 4.40 Å². The van der Waals surface area contributed by atoms with Gasteiger partial charge in [0.2, 0.25) is 10.0 Å². The molecule has 2 fully saturated rings. The van der Waals surface area contributed by atoms with Crippen molar-refractivity contribution in [2.75, 3.05) is 31.8 Å². The molecule has 3 aromatic heterocycles. The van der Waals surface area contributed by atoms with Gasteiger partial charge in [-0.05, 0) is 32.8 Å². The third-order valence-corrected chi connectivity index (χ3v) is 8.80. The van der Waals surface area contributed by atoms with Crippen LogP contribution in [0, 0.1) is 0 Å². The van der Waals surface area contributed by atoms with Gasteiger partial charge >= 0.3 is 0 Å². The summed E-state index contributed by atoms with van der Waals surface area (Å²) in [5.41, 5.74) is 0.797. The van der Waals surface area contributed by atoms with Crippen molar-refractivity contribution in [3.63, 3.8) is 0 Å². The molecule has 0 aromatic carbocycles. The van der Waals surface area contributed by atoms with E-state index >= 15 is 0 Å². The van der Waals surface area contributed by atoms with Crippen LogP contribution in [0.4, 0.5) is 14.5 Å². The Hall–Kier alpha value is -2.26. The van der Waals surface area contributed by atoms with E-state index in [1.54, 1.807) is 23.8 Å². The molecule has 35 heavy (non-hydrogen) atoms. The first-order valence-electron chi connectivity index (χ1n) is 11.1. The number of sulfonamides is 1. The van der Waals surface area contributed by atoms with Gasteiger partial charge in [-0.15, -0.1) is 10.2 Å². The van der Waals surface area contributed by atoms with Gasteiger partial charge in [0.25, 0.3) is 6.43 Å². The Morgan fingerprint density at radius 3 is 2.80 bits per heavy atom. The first-order valence-corrected chi connectivity index (χ1v) is 13.4. The van der Waals surface area contributed by atoms with Crippen molar-refractivity contribution in [2.24, 2.45) is 0 Å². The predicted molar refractivity (Wildman–Crippen MR) is 125 cm³/mol. The minimum absolute atomic E-state index is 0.0490. The molecule has 190 valence electrons. The van der Waals surface area contributed by atoms with Crippen molar-refractivity contribution in [1.82, 2.24) is 24.3 Å². The lowest BCUT2D eigenvalue weighted by atomic mass is 10.1. The molecule has 2 aliphatic rings. The molecule has 5 rings (SSSR count). The summed E-state index contributed by atoms with van der Waals surface area (Å²) in [5, 5.41) is 7.18. The van der Waals surface area contributed by atoms with Crippen LogP contribution in [0.3, 0.4) is 0 Å². The summed E-state index contributed by atoms with van der Waals surface area (Å²) in [5.74, 6) is 0.245. The molecule has 1 N–H and O–H groups in total. The van der Waals surface area contributed by atoms with Crippen molar-refractivity contribution in [3.05, 3.63) is 23.5 Å². The highest BCUT2D eigenvalue weighted by Crippen LogP contribution is 2.38. The summed E-state index contributed by atoms with van der Waals surface area (Å²) >= 11 is 0.725. The topological polar surface area (TPSA) is 111 Å². The number of imidazole rings is 1. The van der Waals surface area contributed by atoms with Crippen LogP contribution < -0.4 is 9.62 Å². The number of hydrogen-bond acceptors (Lipinski definition) is 9. The summed E-state index contributed by atoms with van der Waals surface area (Å²) in [7, 11) is -2.27. The SMILES string of the molecule is COC[C@H]1CN(c2cc(S(=O)(=O)NC3(C)CC3)cn3c(-c4nnc(C(F)F)s4)ncc23)[C@@H](C)CO1. The van der Waals surface area contributed by atoms with Gasteiger partial charge in [0.1, 0.15) is 4.90 Å². The third-order valence-electron chi connectivity index (χ3n) is 6.27. The average Bonchev–Trinajstić information content (AvgIpc) is 3.18. The van der Waals surface area contributed by atoms with E-state index in [4.69, 9.17) is 9.47 Å². The van der Waals surface area contributed by atoms with Gasteiger partial charge in [-0.25, -0.2) is 26.9 Å². The minimum Gasteiger partial charge on any atom is -0.382 e. The number of halogens is 2. The molecule has 1 aliphatic heterocycles.